The molecule has 1 aromatic rings. The second-order valence-corrected chi connectivity index (χ2v) is 4.17. The standard InChI is InChI=1S/C14H14/c1-2-5-11(6-3-1)14-10-9-12-7-4-8-13(12)14/h1-6,8,14H,7,9-10H2. The van der Waals surface area contributed by atoms with Gasteiger partial charge in [-0.1, -0.05) is 48.1 Å². The Kier molecular flexibility index (Phi) is 1.80. The monoisotopic (exact) mass is 182 g/mol. The highest BCUT2D eigenvalue weighted by Gasteiger charge is 2.26. The third-order valence-electron chi connectivity index (χ3n) is 3.38. The van der Waals surface area contributed by atoms with Gasteiger partial charge in [0.2, 0.25) is 0 Å². The second kappa shape index (κ2) is 3.13. The molecule has 1 aromatic carbocycles. The summed E-state index contributed by atoms with van der Waals surface area (Å²) >= 11 is 0. The van der Waals surface area contributed by atoms with E-state index in [4.69, 9.17) is 0 Å². The van der Waals surface area contributed by atoms with E-state index in [1.54, 1.807) is 11.1 Å². The molecule has 2 aliphatic carbocycles. The van der Waals surface area contributed by atoms with Crippen molar-refractivity contribution < 1.29 is 0 Å². The zero-order valence-corrected chi connectivity index (χ0v) is 8.24. The van der Waals surface area contributed by atoms with Crippen molar-refractivity contribution in [2.75, 3.05) is 0 Å². The Bertz CT molecular complexity index is 395. The van der Waals surface area contributed by atoms with Gasteiger partial charge in [-0.25, -0.2) is 0 Å². The number of rotatable bonds is 1. The van der Waals surface area contributed by atoms with Crippen LogP contribution < -0.4 is 0 Å². The molecule has 1 atom stereocenters. The molecule has 0 heteroatoms. The highest BCUT2D eigenvalue weighted by Crippen LogP contribution is 2.43. The third kappa shape index (κ3) is 1.14. The minimum absolute atomic E-state index is 0.685. The number of hydrogen-bond donors (Lipinski definition) is 0. The van der Waals surface area contributed by atoms with Crippen LogP contribution in [0.15, 0.2) is 53.6 Å². The van der Waals surface area contributed by atoms with Crippen LogP contribution >= 0.6 is 0 Å². The van der Waals surface area contributed by atoms with Crippen LogP contribution in [0.4, 0.5) is 0 Å². The van der Waals surface area contributed by atoms with E-state index in [2.05, 4.69) is 42.5 Å². The number of allylic oxidation sites excluding steroid dienone is 4. The smallest absolute Gasteiger partial charge is 0.00919 e. The van der Waals surface area contributed by atoms with Gasteiger partial charge in [0.15, 0.2) is 0 Å². The van der Waals surface area contributed by atoms with Gasteiger partial charge in [0.25, 0.3) is 0 Å². The number of hydrogen-bond acceptors (Lipinski definition) is 0. The quantitative estimate of drug-likeness (QED) is 0.619. The molecule has 0 N–H and O–H groups in total. The molecule has 0 saturated carbocycles. The molecule has 0 fully saturated rings. The Balaban J connectivity index is 1.98. The maximum Gasteiger partial charge on any atom is 0.00919 e. The molecule has 0 radical (unpaired) electrons. The Morgan fingerprint density at radius 3 is 2.79 bits per heavy atom. The first-order valence-corrected chi connectivity index (χ1v) is 5.38. The SMILES string of the molecule is C1=CC2=C(C1)CCC2c1ccccc1. The molecule has 0 amide bonds. The zero-order valence-electron chi connectivity index (χ0n) is 8.24. The molecule has 3 rings (SSSR count). The molecule has 0 aliphatic heterocycles. The van der Waals surface area contributed by atoms with E-state index in [0.717, 1.165) is 0 Å². The van der Waals surface area contributed by atoms with Crippen molar-refractivity contribution in [1.82, 2.24) is 0 Å². The molecule has 70 valence electrons. The first-order chi connectivity index (χ1) is 6.95. The highest BCUT2D eigenvalue weighted by atomic mass is 14.3. The molecule has 1 unspecified atom stereocenters. The van der Waals surface area contributed by atoms with Gasteiger partial charge in [-0.15, -0.1) is 0 Å². The van der Waals surface area contributed by atoms with E-state index in [-0.39, 0.29) is 0 Å². The van der Waals surface area contributed by atoms with Crippen molar-refractivity contribution in [3.63, 3.8) is 0 Å². The topological polar surface area (TPSA) is 0 Å². The lowest BCUT2D eigenvalue weighted by Gasteiger charge is -2.11. The van der Waals surface area contributed by atoms with Crippen molar-refractivity contribution in [1.29, 1.82) is 0 Å². The summed E-state index contributed by atoms with van der Waals surface area (Å²) in [6.45, 7) is 0. The molecule has 14 heavy (non-hydrogen) atoms. The fourth-order valence-electron chi connectivity index (χ4n) is 2.68. The first-order valence-electron chi connectivity index (χ1n) is 5.38. The van der Waals surface area contributed by atoms with Crippen molar-refractivity contribution in [2.24, 2.45) is 0 Å². The Morgan fingerprint density at radius 2 is 1.93 bits per heavy atom. The van der Waals surface area contributed by atoms with Crippen molar-refractivity contribution in [2.45, 2.75) is 25.2 Å². The van der Waals surface area contributed by atoms with E-state index >= 15 is 0 Å². The molecule has 0 nitrogen and oxygen atoms in total. The van der Waals surface area contributed by atoms with Gasteiger partial charge in [0.1, 0.15) is 0 Å². The third-order valence-corrected chi connectivity index (χ3v) is 3.38. The Labute approximate surface area is 85.0 Å². The maximum absolute atomic E-state index is 2.33. The average molecular weight is 182 g/mol. The lowest BCUT2D eigenvalue weighted by Crippen LogP contribution is -1.94. The molecule has 2 aliphatic rings. The van der Waals surface area contributed by atoms with E-state index in [0.29, 0.717) is 5.92 Å². The highest BCUT2D eigenvalue weighted by molar-refractivity contribution is 5.46. The van der Waals surface area contributed by atoms with Crippen LogP contribution in [0, 0.1) is 0 Å². The van der Waals surface area contributed by atoms with Gasteiger partial charge in [0, 0.05) is 5.92 Å². The van der Waals surface area contributed by atoms with Crippen LogP contribution in [-0.2, 0) is 0 Å². The summed E-state index contributed by atoms with van der Waals surface area (Å²) in [6, 6.07) is 10.9. The van der Waals surface area contributed by atoms with Crippen molar-refractivity contribution in [3.8, 4) is 0 Å². The molecule has 0 aromatic heterocycles. The molecule has 0 spiro atoms. The summed E-state index contributed by atoms with van der Waals surface area (Å²) in [6.07, 6.45) is 8.47. The Morgan fingerprint density at radius 1 is 1.07 bits per heavy atom. The summed E-state index contributed by atoms with van der Waals surface area (Å²) in [4.78, 5) is 0. The van der Waals surface area contributed by atoms with Gasteiger partial charge < -0.3 is 0 Å². The first kappa shape index (κ1) is 8.05. The minimum Gasteiger partial charge on any atom is -0.0802 e. The molecule has 0 heterocycles. The van der Waals surface area contributed by atoms with Gasteiger partial charge in [-0.05, 0) is 30.4 Å². The summed E-state index contributed by atoms with van der Waals surface area (Å²) in [5.74, 6) is 0.685. The van der Waals surface area contributed by atoms with E-state index in [9.17, 15) is 0 Å². The minimum atomic E-state index is 0.685. The molecular formula is C14H14. The van der Waals surface area contributed by atoms with E-state index in [1.807, 2.05) is 0 Å². The van der Waals surface area contributed by atoms with Crippen molar-refractivity contribution in [3.05, 3.63) is 59.2 Å². The summed E-state index contributed by atoms with van der Waals surface area (Å²) in [5.41, 5.74) is 4.78. The van der Waals surface area contributed by atoms with Gasteiger partial charge >= 0.3 is 0 Å². The summed E-state index contributed by atoms with van der Waals surface area (Å²) in [7, 11) is 0. The summed E-state index contributed by atoms with van der Waals surface area (Å²) < 4.78 is 0. The van der Waals surface area contributed by atoms with Crippen LogP contribution in [0.5, 0.6) is 0 Å². The van der Waals surface area contributed by atoms with Crippen LogP contribution in [0.3, 0.4) is 0 Å². The lowest BCUT2D eigenvalue weighted by atomic mass is 9.93. The maximum atomic E-state index is 2.33. The van der Waals surface area contributed by atoms with Crippen LogP contribution in [-0.4, -0.2) is 0 Å². The fourth-order valence-corrected chi connectivity index (χ4v) is 2.68. The van der Waals surface area contributed by atoms with Crippen LogP contribution in [0.1, 0.15) is 30.7 Å². The largest absolute Gasteiger partial charge is 0.0802 e. The molecular weight excluding hydrogens is 168 g/mol. The number of benzene rings is 1. The fraction of sp³-hybridized carbons (Fsp3) is 0.286. The predicted molar refractivity (Wildman–Crippen MR) is 59.2 cm³/mol. The summed E-state index contributed by atoms with van der Waals surface area (Å²) in [5, 5.41) is 0. The Hall–Kier alpha value is -1.30. The second-order valence-electron chi connectivity index (χ2n) is 4.17. The van der Waals surface area contributed by atoms with E-state index < -0.39 is 0 Å². The average Bonchev–Trinajstić information content (AvgIpc) is 2.79. The van der Waals surface area contributed by atoms with Crippen LogP contribution in [0.2, 0.25) is 0 Å². The van der Waals surface area contributed by atoms with Gasteiger partial charge in [0.05, 0.1) is 0 Å². The molecule has 0 saturated heterocycles. The van der Waals surface area contributed by atoms with Gasteiger partial charge in [-0.3, -0.25) is 0 Å². The predicted octanol–water partition coefficient (Wildman–Crippen LogP) is 3.82. The van der Waals surface area contributed by atoms with Crippen molar-refractivity contribution >= 4 is 0 Å². The lowest BCUT2D eigenvalue weighted by molar-refractivity contribution is 0.771. The van der Waals surface area contributed by atoms with Crippen LogP contribution in [0.25, 0.3) is 0 Å². The zero-order chi connectivity index (χ0) is 9.38. The molecule has 0 bridgehead atoms. The van der Waals surface area contributed by atoms with E-state index in [1.165, 1.54) is 24.8 Å². The van der Waals surface area contributed by atoms with Gasteiger partial charge in [-0.2, -0.15) is 0 Å². The normalized spacial score (nSPS) is 24.4.